The van der Waals surface area contributed by atoms with Crippen LogP contribution in [0.15, 0.2) is 0 Å². The van der Waals surface area contributed by atoms with E-state index in [1.165, 1.54) is 0 Å². The molecule has 7 heteroatoms. The Kier molecular flexibility index (Phi) is 4.84. The minimum absolute atomic E-state index is 0.243. The zero-order chi connectivity index (χ0) is 13.9. The number of nitrogens with zero attached hydrogens (tertiary/aromatic N) is 1. The smallest absolute Gasteiger partial charge is 0.279 e. The fraction of sp³-hybridized carbons (Fsp3) is 1.00. The van der Waals surface area contributed by atoms with Gasteiger partial charge in [0.25, 0.3) is 10.2 Å². The first-order chi connectivity index (χ1) is 8.97. The highest BCUT2D eigenvalue weighted by Gasteiger charge is 2.36. The topological polar surface area (TPSA) is 70.7 Å². The van der Waals surface area contributed by atoms with E-state index in [9.17, 15) is 8.42 Å². The maximum Gasteiger partial charge on any atom is 0.279 e. The average molecular weight is 291 g/mol. The molecule has 6 nitrogen and oxygen atoms in total. The molecule has 0 aromatic rings. The third-order valence-electron chi connectivity index (χ3n) is 4.07. The second kappa shape index (κ2) is 6.05. The van der Waals surface area contributed by atoms with Gasteiger partial charge in [0.1, 0.15) is 0 Å². The molecule has 0 spiro atoms. The Labute approximate surface area is 116 Å². The summed E-state index contributed by atoms with van der Waals surface area (Å²) in [7, 11) is -1.70. The Bertz CT molecular complexity index is 393. The fourth-order valence-electron chi connectivity index (χ4n) is 2.90. The summed E-state index contributed by atoms with van der Waals surface area (Å²) in [5.41, 5.74) is -0.243. The van der Waals surface area contributed by atoms with Crippen LogP contribution in [0.1, 0.15) is 26.2 Å². The van der Waals surface area contributed by atoms with Crippen LogP contribution in [-0.4, -0.2) is 58.2 Å². The number of hydrogen-bond donors (Lipinski definition) is 2. The number of hydrogen-bond acceptors (Lipinski definition) is 4. The highest BCUT2D eigenvalue weighted by molar-refractivity contribution is 7.87. The van der Waals surface area contributed by atoms with Gasteiger partial charge in [-0.15, -0.1) is 0 Å². The Balaban J connectivity index is 1.93. The summed E-state index contributed by atoms with van der Waals surface area (Å²) in [6.45, 7) is 5.19. The van der Waals surface area contributed by atoms with Crippen molar-refractivity contribution in [2.45, 2.75) is 31.7 Å². The molecule has 2 N–H and O–H groups in total. The van der Waals surface area contributed by atoms with Crippen molar-refractivity contribution in [2.75, 3.05) is 39.9 Å². The predicted molar refractivity (Wildman–Crippen MR) is 74.1 cm³/mol. The maximum absolute atomic E-state index is 12.2. The van der Waals surface area contributed by atoms with Crippen LogP contribution in [0, 0.1) is 5.92 Å². The third kappa shape index (κ3) is 3.66. The predicted octanol–water partition coefficient (Wildman–Crippen LogP) is -0.0688. The quantitative estimate of drug-likeness (QED) is 0.719. The van der Waals surface area contributed by atoms with Crippen molar-refractivity contribution < 1.29 is 13.2 Å². The van der Waals surface area contributed by atoms with E-state index in [1.54, 1.807) is 11.4 Å². The molecule has 112 valence electrons. The lowest BCUT2D eigenvalue weighted by atomic mass is 9.99. The van der Waals surface area contributed by atoms with Crippen LogP contribution in [0.25, 0.3) is 0 Å². The van der Waals surface area contributed by atoms with Crippen LogP contribution in [-0.2, 0) is 14.9 Å². The van der Waals surface area contributed by atoms with Crippen LogP contribution < -0.4 is 10.0 Å². The van der Waals surface area contributed by atoms with Gasteiger partial charge < -0.3 is 10.1 Å². The van der Waals surface area contributed by atoms with Crippen LogP contribution in [0.5, 0.6) is 0 Å². The monoisotopic (exact) mass is 291 g/mol. The molecule has 0 aromatic heterocycles. The minimum atomic E-state index is -3.35. The van der Waals surface area contributed by atoms with E-state index in [0.29, 0.717) is 32.2 Å². The Morgan fingerprint density at radius 3 is 2.84 bits per heavy atom. The molecule has 2 saturated heterocycles. The van der Waals surface area contributed by atoms with Gasteiger partial charge in [0.15, 0.2) is 0 Å². The van der Waals surface area contributed by atoms with Crippen LogP contribution in [0.3, 0.4) is 0 Å². The molecule has 2 rings (SSSR count). The summed E-state index contributed by atoms with van der Waals surface area (Å²) >= 11 is 0. The molecule has 0 saturated carbocycles. The molecule has 0 amide bonds. The lowest BCUT2D eigenvalue weighted by Crippen LogP contribution is -2.54. The summed E-state index contributed by atoms with van der Waals surface area (Å²) in [4.78, 5) is 0. The summed E-state index contributed by atoms with van der Waals surface area (Å²) < 4.78 is 34.0. The van der Waals surface area contributed by atoms with Crippen LogP contribution in [0.4, 0.5) is 0 Å². The van der Waals surface area contributed by atoms with Gasteiger partial charge in [-0.05, 0) is 31.7 Å². The molecule has 19 heavy (non-hydrogen) atoms. The van der Waals surface area contributed by atoms with Crippen molar-refractivity contribution in [3.8, 4) is 0 Å². The Hall–Kier alpha value is -0.210. The van der Waals surface area contributed by atoms with E-state index in [-0.39, 0.29) is 5.54 Å². The average Bonchev–Trinajstić information content (AvgIpc) is 2.98. The van der Waals surface area contributed by atoms with Gasteiger partial charge in [0.05, 0.1) is 12.1 Å². The molecule has 2 atom stereocenters. The van der Waals surface area contributed by atoms with Gasteiger partial charge in [-0.1, -0.05) is 6.92 Å². The summed E-state index contributed by atoms with van der Waals surface area (Å²) in [5, 5.41) is 3.37. The van der Waals surface area contributed by atoms with Gasteiger partial charge in [-0.3, -0.25) is 0 Å². The number of methoxy groups -OCH3 is 1. The first-order valence-corrected chi connectivity index (χ1v) is 8.40. The zero-order valence-electron chi connectivity index (χ0n) is 11.8. The molecule has 2 aliphatic heterocycles. The lowest BCUT2D eigenvalue weighted by molar-refractivity contribution is 0.122. The normalized spacial score (nSPS) is 33.1. The molecule has 0 bridgehead atoms. The van der Waals surface area contributed by atoms with Gasteiger partial charge in [0, 0.05) is 26.7 Å². The summed E-state index contributed by atoms with van der Waals surface area (Å²) in [5.74, 6) is 0.453. The summed E-state index contributed by atoms with van der Waals surface area (Å²) in [6.07, 6.45) is 2.95. The largest absolute Gasteiger partial charge is 0.383 e. The highest BCUT2D eigenvalue weighted by Crippen LogP contribution is 2.21. The van der Waals surface area contributed by atoms with Gasteiger partial charge in [-0.25, -0.2) is 4.72 Å². The molecule has 0 radical (unpaired) electrons. The second-order valence-electron chi connectivity index (χ2n) is 5.82. The van der Waals surface area contributed by atoms with Crippen molar-refractivity contribution in [1.29, 1.82) is 0 Å². The molecule has 2 heterocycles. The molecular formula is C12H25N3O3S. The fourth-order valence-corrected chi connectivity index (χ4v) is 4.34. The SMILES string of the molecule is COCC1(CNS(=O)(=O)N2CCC(C)C2)CCCN1. The van der Waals surface area contributed by atoms with Gasteiger partial charge >= 0.3 is 0 Å². The number of nitrogens with one attached hydrogen (secondary N) is 2. The van der Waals surface area contributed by atoms with Crippen molar-refractivity contribution in [1.82, 2.24) is 14.3 Å². The molecule has 2 unspecified atom stereocenters. The van der Waals surface area contributed by atoms with E-state index >= 15 is 0 Å². The van der Waals surface area contributed by atoms with Crippen LogP contribution in [0.2, 0.25) is 0 Å². The zero-order valence-corrected chi connectivity index (χ0v) is 12.6. The van der Waals surface area contributed by atoms with E-state index in [4.69, 9.17) is 4.74 Å². The minimum Gasteiger partial charge on any atom is -0.383 e. The lowest BCUT2D eigenvalue weighted by Gasteiger charge is -2.29. The Morgan fingerprint density at radius 1 is 1.53 bits per heavy atom. The number of ether oxygens (including phenoxy) is 1. The Morgan fingerprint density at radius 2 is 2.32 bits per heavy atom. The van der Waals surface area contributed by atoms with Crippen molar-refractivity contribution >= 4 is 10.2 Å². The molecule has 0 aliphatic carbocycles. The van der Waals surface area contributed by atoms with Crippen molar-refractivity contribution in [3.05, 3.63) is 0 Å². The first kappa shape index (κ1) is 15.2. The van der Waals surface area contributed by atoms with E-state index in [1.807, 2.05) is 0 Å². The van der Waals surface area contributed by atoms with Crippen molar-refractivity contribution in [3.63, 3.8) is 0 Å². The van der Waals surface area contributed by atoms with Crippen LogP contribution >= 0.6 is 0 Å². The highest BCUT2D eigenvalue weighted by atomic mass is 32.2. The molecule has 2 aliphatic rings. The molecular weight excluding hydrogens is 266 g/mol. The third-order valence-corrected chi connectivity index (χ3v) is 5.59. The summed E-state index contributed by atoms with van der Waals surface area (Å²) in [6, 6.07) is 0. The second-order valence-corrected chi connectivity index (χ2v) is 7.58. The first-order valence-electron chi connectivity index (χ1n) is 6.96. The maximum atomic E-state index is 12.2. The number of rotatable bonds is 6. The molecule has 2 fully saturated rings. The van der Waals surface area contributed by atoms with E-state index in [2.05, 4.69) is 17.0 Å². The van der Waals surface area contributed by atoms with E-state index in [0.717, 1.165) is 25.8 Å². The van der Waals surface area contributed by atoms with Gasteiger partial charge in [-0.2, -0.15) is 12.7 Å². The standard InChI is InChI=1S/C12H25N3O3S/c1-11-4-7-15(8-11)19(16,17)14-9-12(10-18-2)5-3-6-13-12/h11,13-14H,3-10H2,1-2H3. The molecule has 0 aromatic carbocycles. The van der Waals surface area contributed by atoms with Gasteiger partial charge in [0.2, 0.25) is 0 Å². The van der Waals surface area contributed by atoms with E-state index < -0.39 is 10.2 Å². The van der Waals surface area contributed by atoms with Crippen molar-refractivity contribution in [2.24, 2.45) is 5.92 Å².